The van der Waals surface area contributed by atoms with Crippen LogP contribution in [0.4, 0.5) is 0 Å². The van der Waals surface area contributed by atoms with Gasteiger partial charge in [-0.05, 0) is 38.9 Å². The standard InChI is InChI=1S/C10H22N2S.C3H7.CH4.Y/c1-9(2)8-12-6-4-10(5-7-12)11(3)13;1-3-2;;/h9-10,13H,4-8H2,1-3H3;3H,1-2H3;1H4;/q;-1;;. The molecule has 1 fully saturated rings. The molecule has 0 aromatic carbocycles. The average Bonchev–Trinajstić information content (AvgIpc) is 2.18. The molecule has 0 aromatic rings. The van der Waals surface area contributed by atoms with E-state index in [0.717, 1.165) is 5.92 Å². The minimum absolute atomic E-state index is 0. The topological polar surface area (TPSA) is 6.48 Å². The zero-order valence-electron chi connectivity index (χ0n) is 12.2. The zero-order valence-corrected chi connectivity index (χ0v) is 15.9. The van der Waals surface area contributed by atoms with E-state index in [9.17, 15) is 0 Å². The first-order valence-electron chi connectivity index (χ1n) is 6.39. The first-order chi connectivity index (χ1) is 7.51. The van der Waals surface area contributed by atoms with Gasteiger partial charge in [0, 0.05) is 45.3 Å². The molecule has 4 heteroatoms. The van der Waals surface area contributed by atoms with E-state index in [2.05, 4.69) is 42.9 Å². The number of thiol groups is 1. The molecule has 1 rings (SSSR count). The van der Waals surface area contributed by atoms with Crippen molar-refractivity contribution >= 4 is 12.8 Å². The van der Waals surface area contributed by atoms with Crippen molar-refractivity contribution in [3.8, 4) is 0 Å². The first kappa shape index (κ1) is 24.4. The van der Waals surface area contributed by atoms with Crippen LogP contribution in [0.5, 0.6) is 0 Å². The molecule has 0 atom stereocenters. The van der Waals surface area contributed by atoms with E-state index in [1.54, 1.807) is 0 Å². The Bertz CT molecular complexity index is 158. The van der Waals surface area contributed by atoms with Crippen LogP contribution < -0.4 is 0 Å². The third kappa shape index (κ3) is 12.4. The van der Waals surface area contributed by atoms with Crippen molar-refractivity contribution in [2.45, 2.75) is 54.0 Å². The van der Waals surface area contributed by atoms with Gasteiger partial charge < -0.3 is 11.3 Å². The Morgan fingerprint density at radius 1 is 1.28 bits per heavy atom. The summed E-state index contributed by atoms with van der Waals surface area (Å²) in [7, 11) is 2.06. The van der Waals surface area contributed by atoms with Crippen LogP contribution in [-0.2, 0) is 32.7 Å². The van der Waals surface area contributed by atoms with Gasteiger partial charge in [0.05, 0.1) is 0 Å². The van der Waals surface area contributed by atoms with Gasteiger partial charge in [0.2, 0.25) is 0 Å². The Labute approximate surface area is 147 Å². The van der Waals surface area contributed by atoms with Crippen molar-refractivity contribution in [3.63, 3.8) is 0 Å². The molecule has 1 radical (unpaired) electrons. The van der Waals surface area contributed by atoms with E-state index >= 15 is 0 Å². The molecule has 0 N–H and O–H groups in total. The Hall–Kier alpha value is 1.37. The van der Waals surface area contributed by atoms with Gasteiger partial charge in [-0.1, -0.05) is 34.1 Å². The summed E-state index contributed by atoms with van der Waals surface area (Å²) in [5, 5.41) is 0. The molecule has 0 spiro atoms. The molecular weight excluding hydrogens is 317 g/mol. The van der Waals surface area contributed by atoms with Gasteiger partial charge in [-0.25, -0.2) is 0 Å². The minimum atomic E-state index is 0. The fraction of sp³-hybridized carbons (Fsp3) is 0.929. The van der Waals surface area contributed by atoms with E-state index in [4.69, 9.17) is 0 Å². The summed E-state index contributed by atoms with van der Waals surface area (Å²) in [6, 6.07) is 0.687. The van der Waals surface area contributed by atoms with Crippen LogP contribution in [0.1, 0.15) is 48.0 Å². The fourth-order valence-electron chi connectivity index (χ4n) is 1.99. The molecule has 109 valence electrons. The maximum Gasteiger partial charge on any atom is 0.0221 e. The van der Waals surface area contributed by atoms with Crippen LogP contribution in [0.3, 0.4) is 0 Å². The summed E-state index contributed by atoms with van der Waals surface area (Å²) in [6.07, 6.45) is 4.54. The minimum Gasteiger partial charge on any atom is -0.335 e. The molecule has 0 saturated carbocycles. The Kier molecular flexibility index (Phi) is 20.0. The summed E-state index contributed by atoms with van der Waals surface area (Å²) in [4.78, 5) is 2.57. The second-order valence-electron chi connectivity index (χ2n) is 5.08. The molecule has 0 bridgehead atoms. The van der Waals surface area contributed by atoms with Crippen LogP contribution in [0.15, 0.2) is 0 Å². The van der Waals surface area contributed by atoms with Crippen molar-refractivity contribution in [2.75, 3.05) is 26.7 Å². The SMILES string of the molecule is C.CC(C)CN1CCC(N(C)S)CC1.C[CH-]C.[Y]. The predicted molar refractivity (Wildman–Crippen MR) is 83.4 cm³/mol. The maximum atomic E-state index is 4.36. The third-order valence-corrected chi connectivity index (χ3v) is 3.04. The molecular formula is C14H33N2SY-. The van der Waals surface area contributed by atoms with E-state index in [-0.39, 0.29) is 40.1 Å². The number of nitrogens with zero attached hydrogens (tertiary/aromatic N) is 2. The quantitative estimate of drug-likeness (QED) is 0.612. The van der Waals surface area contributed by atoms with Crippen LogP contribution in [-0.4, -0.2) is 41.9 Å². The Balaban J connectivity index is -0.000000410. The van der Waals surface area contributed by atoms with Gasteiger partial charge in [0.15, 0.2) is 0 Å². The smallest absolute Gasteiger partial charge is 0.0221 e. The number of piperidine rings is 1. The zero-order chi connectivity index (χ0) is 12.6. The summed E-state index contributed by atoms with van der Waals surface area (Å²) in [5.74, 6) is 0.797. The molecule has 18 heavy (non-hydrogen) atoms. The van der Waals surface area contributed by atoms with Gasteiger partial charge in [0.25, 0.3) is 0 Å². The van der Waals surface area contributed by atoms with Crippen LogP contribution in [0.25, 0.3) is 0 Å². The van der Waals surface area contributed by atoms with Crippen LogP contribution in [0.2, 0.25) is 0 Å². The summed E-state index contributed by atoms with van der Waals surface area (Å²) in [6.45, 7) is 12.3. The molecule has 1 aliphatic rings. The molecule has 1 saturated heterocycles. The molecule has 0 amide bonds. The van der Waals surface area contributed by atoms with E-state index in [0.29, 0.717) is 6.04 Å². The maximum absolute atomic E-state index is 4.36. The van der Waals surface area contributed by atoms with Crippen molar-refractivity contribution < 1.29 is 32.7 Å². The van der Waals surface area contributed by atoms with E-state index in [1.165, 1.54) is 32.5 Å². The van der Waals surface area contributed by atoms with Crippen molar-refractivity contribution in [3.05, 3.63) is 6.42 Å². The molecule has 0 aliphatic carbocycles. The first-order valence-corrected chi connectivity index (χ1v) is 6.79. The fourth-order valence-corrected chi connectivity index (χ4v) is 2.22. The average molecular weight is 350 g/mol. The Morgan fingerprint density at radius 2 is 1.67 bits per heavy atom. The predicted octanol–water partition coefficient (Wildman–Crippen LogP) is 3.75. The third-order valence-electron chi connectivity index (χ3n) is 2.71. The van der Waals surface area contributed by atoms with E-state index < -0.39 is 0 Å². The summed E-state index contributed by atoms with van der Waals surface area (Å²) in [5.41, 5.74) is 0. The van der Waals surface area contributed by atoms with Crippen LogP contribution >= 0.6 is 12.8 Å². The van der Waals surface area contributed by atoms with Crippen molar-refractivity contribution in [1.82, 2.24) is 9.21 Å². The van der Waals surface area contributed by atoms with Crippen molar-refractivity contribution in [2.24, 2.45) is 5.92 Å². The second kappa shape index (κ2) is 14.8. The Morgan fingerprint density at radius 3 is 1.94 bits per heavy atom. The molecule has 2 nitrogen and oxygen atoms in total. The normalized spacial score (nSPS) is 16.7. The van der Waals surface area contributed by atoms with Gasteiger partial charge in [-0.15, -0.1) is 0 Å². The molecule has 1 aliphatic heterocycles. The molecule has 0 aromatic heterocycles. The van der Waals surface area contributed by atoms with Gasteiger partial charge in [-0.2, -0.15) is 13.8 Å². The largest absolute Gasteiger partial charge is 0.335 e. The number of hydrogen-bond donors (Lipinski definition) is 1. The number of likely N-dealkylation sites (tertiary alicyclic amines) is 1. The number of rotatable bonds is 3. The molecule has 0 unspecified atom stereocenters. The van der Waals surface area contributed by atoms with Gasteiger partial charge in [0.1, 0.15) is 0 Å². The van der Waals surface area contributed by atoms with Gasteiger partial charge >= 0.3 is 0 Å². The van der Waals surface area contributed by atoms with Crippen molar-refractivity contribution in [1.29, 1.82) is 0 Å². The molecule has 1 heterocycles. The van der Waals surface area contributed by atoms with E-state index in [1.807, 2.05) is 20.3 Å². The number of hydrogen-bond acceptors (Lipinski definition) is 3. The van der Waals surface area contributed by atoms with Gasteiger partial charge in [-0.3, -0.25) is 4.31 Å². The summed E-state index contributed by atoms with van der Waals surface area (Å²) >= 11 is 4.36. The summed E-state index contributed by atoms with van der Waals surface area (Å²) < 4.78 is 2.06. The second-order valence-corrected chi connectivity index (χ2v) is 5.71. The monoisotopic (exact) mass is 350 g/mol. The van der Waals surface area contributed by atoms with Crippen LogP contribution in [0, 0.1) is 12.3 Å².